The van der Waals surface area contributed by atoms with Gasteiger partial charge in [-0.05, 0) is 108 Å². The molecule has 1 aromatic carbocycles. The van der Waals surface area contributed by atoms with Crippen molar-refractivity contribution in [2.75, 3.05) is 19.6 Å². The maximum absolute atomic E-state index is 12.8. The highest BCUT2D eigenvalue weighted by Gasteiger charge is 2.43. The van der Waals surface area contributed by atoms with Crippen molar-refractivity contribution in [1.82, 2.24) is 9.88 Å². The van der Waals surface area contributed by atoms with Crippen molar-refractivity contribution in [3.63, 3.8) is 0 Å². The molecule has 1 unspecified atom stereocenters. The Hall–Kier alpha value is -3.08. The first-order chi connectivity index (χ1) is 22.3. The molecule has 260 valence electrons. The van der Waals surface area contributed by atoms with Crippen LogP contribution in [0.2, 0.25) is 5.02 Å². The van der Waals surface area contributed by atoms with Crippen LogP contribution >= 0.6 is 11.6 Å². The topological polar surface area (TPSA) is 53.4 Å². The zero-order valence-electron chi connectivity index (χ0n) is 29.0. The van der Waals surface area contributed by atoms with Crippen LogP contribution in [0.1, 0.15) is 102 Å². The van der Waals surface area contributed by atoms with Crippen LogP contribution in [-0.4, -0.2) is 46.5 Å². The molecule has 1 aliphatic heterocycles. The second-order valence-corrected chi connectivity index (χ2v) is 12.8. The van der Waals surface area contributed by atoms with Crippen LogP contribution in [0.3, 0.4) is 0 Å². The molecule has 1 aromatic heterocycles. The fourth-order valence-corrected chi connectivity index (χ4v) is 5.74. The zero-order valence-corrected chi connectivity index (χ0v) is 29.8. The van der Waals surface area contributed by atoms with Gasteiger partial charge < -0.3 is 10.0 Å². The molecule has 3 aliphatic rings. The minimum atomic E-state index is -2.30. The van der Waals surface area contributed by atoms with E-state index in [1.165, 1.54) is 56.2 Å². The number of carbonyl (C=O) groups is 1. The molecule has 0 radical (unpaired) electrons. The molecular weight excluding hydrogens is 621 g/mol. The summed E-state index contributed by atoms with van der Waals surface area (Å²) in [6, 6.07) is 11.1. The summed E-state index contributed by atoms with van der Waals surface area (Å²) in [4.78, 5) is 17.8. The number of allylic oxidation sites excluding steroid dienone is 3. The molecule has 5 rings (SSSR count). The number of pyridine rings is 1. The Morgan fingerprint density at radius 2 is 1.68 bits per heavy atom. The lowest BCUT2D eigenvalue weighted by molar-refractivity contribution is -0.140. The third-order valence-corrected chi connectivity index (χ3v) is 8.91. The number of hydrogen-bond acceptors (Lipinski definition) is 3. The molecule has 47 heavy (non-hydrogen) atoms. The van der Waals surface area contributed by atoms with E-state index in [1.807, 2.05) is 39.8 Å². The largest absolute Gasteiger partial charge is 0.481 e. The number of carboxylic acids is 1. The summed E-state index contributed by atoms with van der Waals surface area (Å²) in [5.74, 6) is -2.56. The highest BCUT2D eigenvalue weighted by Crippen LogP contribution is 2.43. The summed E-state index contributed by atoms with van der Waals surface area (Å²) in [7, 11) is 0. The normalized spacial score (nSPS) is 18.9. The van der Waals surface area contributed by atoms with Crippen molar-refractivity contribution in [1.29, 1.82) is 0 Å². The quantitative estimate of drug-likeness (QED) is 0.310. The van der Waals surface area contributed by atoms with Crippen LogP contribution in [0, 0.1) is 37.4 Å². The Bertz CT molecular complexity index is 1310. The maximum atomic E-state index is 12.8. The second-order valence-electron chi connectivity index (χ2n) is 12.4. The fraction of sp³-hybridized carbons (Fsp3) is 0.538. The van der Waals surface area contributed by atoms with E-state index in [1.54, 1.807) is 12.1 Å². The molecule has 1 saturated carbocycles. The maximum Gasteiger partial charge on any atom is 0.310 e. The van der Waals surface area contributed by atoms with Crippen molar-refractivity contribution in [2.24, 2.45) is 11.8 Å². The van der Waals surface area contributed by atoms with Gasteiger partial charge in [-0.1, -0.05) is 74.2 Å². The van der Waals surface area contributed by atoms with E-state index in [2.05, 4.69) is 54.8 Å². The summed E-state index contributed by atoms with van der Waals surface area (Å²) < 4.78 is 36.7. The summed E-state index contributed by atoms with van der Waals surface area (Å²) in [5.41, 5.74) is 5.44. The Balaban J connectivity index is 0.000000318. The average Bonchev–Trinajstić information content (AvgIpc) is 3.03. The van der Waals surface area contributed by atoms with Gasteiger partial charge in [-0.15, -0.1) is 12.8 Å². The van der Waals surface area contributed by atoms with Crippen LogP contribution in [0.25, 0.3) is 0 Å². The highest BCUT2D eigenvalue weighted by atomic mass is 35.5. The molecule has 1 saturated heterocycles. The van der Waals surface area contributed by atoms with Crippen molar-refractivity contribution in [3.8, 4) is 12.8 Å². The molecule has 8 heteroatoms. The van der Waals surface area contributed by atoms with E-state index in [0.717, 1.165) is 17.7 Å². The van der Waals surface area contributed by atoms with E-state index in [9.17, 15) is 18.0 Å². The van der Waals surface area contributed by atoms with Gasteiger partial charge in [0.15, 0.2) is 0 Å². The molecule has 0 spiro atoms. The van der Waals surface area contributed by atoms with Crippen LogP contribution in [0.4, 0.5) is 13.2 Å². The fourth-order valence-electron chi connectivity index (χ4n) is 5.58. The third-order valence-electron chi connectivity index (χ3n) is 8.67. The van der Waals surface area contributed by atoms with Gasteiger partial charge >= 0.3 is 5.97 Å². The zero-order chi connectivity index (χ0) is 35.6. The van der Waals surface area contributed by atoms with E-state index in [-0.39, 0.29) is 24.6 Å². The molecule has 4 nitrogen and oxygen atoms in total. The number of aliphatic carboxylic acids is 1. The van der Waals surface area contributed by atoms with E-state index in [4.69, 9.17) is 16.7 Å². The number of benzene rings is 1. The van der Waals surface area contributed by atoms with Crippen molar-refractivity contribution in [3.05, 3.63) is 87.5 Å². The molecule has 2 heterocycles. The standard InChI is InChI=1S/C14H22N2.C9H12O2.C8H8ClF.C6H10F2.C2H2/c1-3-9-16-10-7-13(8-11-16)14-6-4-5-12(2)15-14;1-6-3-4-8(9(10)11)5-7(6)2;1-2-6-3-4-7(9)5-8(6)10;1-2-5-3-6(7,8)4-5;1-2/h4-6,13H,3,7-11H2,1-2H3;3,5,8H,4H2,1-2H3,(H,10,11);3-5H,2H2,1H3;5H,2-4H2,1H3;1-2H. The van der Waals surface area contributed by atoms with Gasteiger partial charge in [0.25, 0.3) is 0 Å². The summed E-state index contributed by atoms with van der Waals surface area (Å²) in [6.45, 7) is 15.9. The molecule has 2 fully saturated rings. The number of rotatable bonds is 6. The molecule has 1 atom stereocenters. The average molecular weight is 675 g/mol. The minimum absolute atomic E-state index is 0.128. The predicted octanol–water partition coefficient (Wildman–Crippen LogP) is 10.7. The van der Waals surface area contributed by atoms with Crippen LogP contribution in [-0.2, 0) is 11.2 Å². The third kappa shape index (κ3) is 15.6. The SMILES string of the molecule is C#C.CC1=CCC(C(=O)O)C=C1C.CCC1CC(F)(F)C1.CCCN1CCC(c2cccc(C)n2)CC1.CCc1ccc(Cl)cc1F. The summed E-state index contributed by atoms with van der Waals surface area (Å²) >= 11 is 5.53. The van der Waals surface area contributed by atoms with Gasteiger partial charge in [0.2, 0.25) is 5.92 Å². The van der Waals surface area contributed by atoms with Crippen LogP contribution in [0.5, 0.6) is 0 Å². The van der Waals surface area contributed by atoms with Crippen molar-refractivity contribution >= 4 is 17.6 Å². The highest BCUT2D eigenvalue weighted by molar-refractivity contribution is 6.30. The number of carboxylic acid groups (broad SMARTS) is 1. The van der Waals surface area contributed by atoms with Crippen molar-refractivity contribution < 1.29 is 23.1 Å². The minimum Gasteiger partial charge on any atom is -0.481 e. The first-order valence-corrected chi connectivity index (χ1v) is 17.1. The van der Waals surface area contributed by atoms with Gasteiger partial charge in [-0.3, -0.25) is 9.78 Å². The first kappa shape index (κ1) is 41.9. The van der Waals surface area contributed by atoms with E-state index >= 15 is 0 Å². The van der Waals surface area contributed by atoms with Crippen LogP contribution < -0.4 is 0 Å². The molecular formula is C39H54ClF3N2O2. The molecule has 2 aromatic rings. The molecule has 0 amide bonds. The summed E-state index contributed by atoms with van der Waals surface area (Å²) in [6.07, 6.45) is 18.1. The predicted molar refractivity (Wildman–Crippen MR) is 190 cm³/mol. The van der Waals surface area contributed by atoms with Gasteiger partial charge in [-0.2, -0.15) is 0 Å². The molecule has 0 bridgehead atoms. The number of aryl methyl sites for hydroxylation is 2. The van der Waals surface area contributed by atoms with E-state index < -0.39 is 11.9 Å². The number of alkyl halides is 2. The molecule has 2 aliphatic carbocycles. The number of likely N-dealkylation sites (tertiary alicyclic amines) is 1. The van der Waals surface area contributed by atoms with Gasteiger partial charge in [0, 0.05) is 35.2 Å². The second kappa shape index (κ2) is 21.7. The lowest BCUT2D eigenvalue weighted by atomic mass is 9.80. The Morgan fingerprint density at radius 1 is 1.04 bits per heavy atom. The monoisotopic (exact) mass is 674 g/mol. The summed E-state index contributed by atoms with van der Waals surface area (Å²) in [5, 5.41) is 9.12. The Kier molecular flexibility index (Phi) is 19.4. The van der Waals surface area contributed by atoms with Gasteiger partial charge in [0.05, 0.1) is 5.92 Å². The lowest BCUT2D eigenvalue weighted by Crippen LogP contribution is -2.34. The Morgan fingerprint density at radius 3 is 2.13 bits per heavy atom. The number of aromatic nitrogens is 1. The van der Waals surface area contributed by atoms with Crippen LogP contribution in [0.15, 0.2) is 59.7 Å². The number of piperidine rings is 1. The Labute approximate surface area is 286 Å². The lowest BCUT2D eigenvalue weighted by Gasteiger charge is -2.33. The number of halogens is 4. The molecule has 1 N–H and O–H groups in total. The van der Waals surface area contributed by atoms with Gasteiger partial charge in [-0.25, -0.2) is 13.2 Å². The smallest absolute Gasteiger partial charge is 0.310 e. The number of hydrogen-bond donors (Lipinski definition) is 1. The van der Waals surface area contributed by atoms with Crippen molar-refractivity contribution in [2.45, 2.75) is 105 Å². The first-order valence-electron chi connectivity index (χ1n) is 16.7. The van der Waals surface area contributed by atoms with Gasteiger partial charge in [0.1, 0.15) is 5.82 Å². The number of terminal acetylenes is 1. The number of nitrogens with zero attached hydrogens (tertiary/aromatic N) is 2. The van der Waals surface area contributed by atoms with E-state index in [0.29, 0.717) is 35.3 Å².